The molecular weight excluding hydrogens is 417 g/mol. The van der Waals surface area contributed by atoms with Gasteiger partial charge in [-0.05, 0) is 36.4 Å². The first kappa shape index (κ1) is 19.0. The molecule has 29 heavy (non-hydrogen) atoms. The Kier molecular flexibility index (Phi) is 4.73. The predicted octanol–water partition coefficient (Wildman–Crippen LogP) is 2.33. The highest BCUT2D eigenvalue weighted by Gasteiger charge is 2.22. The summed E-state index contributed by atoms with van der Waals surface area (Å²) in [6.07, 6.45) is 0. The number of primary amides is 1. The lowest BCUT2D eigenvalue weighted by molar-refractivity contribution is -0.118. The molecule has 0 aliphatic heterocycles. The molecule has 0 aliphatic carbocycles. The largest absolute Gasteiger partial charge is 0.368 e. The number of nitrogens with two attached hydrogens (primary N) is 1. The van der Waals surface area contributed by atoms with Gasteiger partial charge in [-0.25, -0.2) is 14.3 Å². The van der Waals surface area contributed by atoms with Crippen LogP contribution in [0.3, 0.4) is 0 Å². The molecule has 0 atom stereocenters. The summed E-state index contributed by atoms with van der Waals surface area (Å²) in [6.45, 7) is -0.558. The molecular formula is C19H13Cl2N5O3. The van der Waals surface area contributed by atoms with Crippen molar-refractivity contribution in [2.24, 2.45) is 5.73 Å². The number of halogens is 2. The summed E-state index contributed by atoms with van der Waals surface area (Å²) >= 11 is 12.3. The van der Waals surface area contributed by atoms with Crippen molar-refractivity contribution in [3.05, 3.63) is 79.4 Å². The van der Waals surface area contributed by atoms with Gasteiger partial charge in [-0.15, -0.1) is 0 Å². The molecule has 2 aromatic heterocycles. The SMILES string of the molecule is NC(=O)Cn1c(=O)[nH]c2nc(-c3ccccc3Cl)n(-c3ccc(Cl)cc3)c2c1=O. The van der Waals surface area contributed by atoms with Crippen LogP contribution in [0.1, 0.15) is 0 Å². The first-order valence-corrected chi connectivity index (χ1v) is 9.17. The molecule has 146 valence electrons. The number of hydrogen-bond acceptors (Lipinski definition) is 4. The highest BCUT2D eigenvalue weighted by molar-refractivity contribution is 6.33. The number of fused-ring (bicyclic) bond motifs is 1. The number of carbonyl (C=O) groups excluding carboxylic acids is 1. The van der Waals surface area contributed by atoms with E-state index in [0.717, 1.165) is 4.57 Å². The van der Waals surface area contributed by atoms with E-state index in [1.54, 1.807) is 53.1 Å². The molecule has 4 aromatic rings. The Hall–Kier alpha value is -3.36. The van der Waals surface area contributed by atoms with Crippen LogP contribution in [0.4, 0.5) is 0 Å². The van der Waals surface area contributed by atoms with Crippen LogP contribution in [-0.2, 0) is 11.3 Å². The summed E-state index contributed by atoms with van der Waals surface area (Å²) in [6, 6.07) is 13.7. The summed E-state index contributed by atoms with van der Waals surface area (Å²) in [5.74, 6) is -0.474. The normalized spacial score (nSPS) is 11.1. The second-order valence-electron chi connectivity index (χ2n) is 6.21. The van der Waals surface area contributed by atoms with Crippen molar-refractivity contribution < 1.29 is 4.79 Å². The molecule has 2 aromatic carbocycles. The van der Waals surface area contributed by atoms with E-state index in [0.29, 0.717) is 27.1 Å². The van der Waals surface area contributed by atoms with Crippen LogP contribution in [0.15, 0.2) is 58.1 Å². The minimum Gasteiger partial charge on any atom is -0.368 e. The monoisotopic (exact) mass is 429 g/mol. The zero-order chi connectivity index (χ0) is 20.7. The minimum absolute atomic E-state index is 0.0607. The molecule has 2 heterocycles. The number of benzene rings is 2. The number of imidazole rings is 1. The molecule has 0 saturated carbocycles. The van der Waals surface area contributed by atoms with Crippen molar-refractivity contribution in [2.45, 2.75) is 6.54 Å². The van der Waals surface area contributed by atoms with Crippen molar-refractivity contribution in [1.82, 2.24) is 19.1 Å². The molecule has 10 heteroatoms. The van der Waals surface area contributed by atoms with E-state index >= 15 is 0 Å². The molecule has 1 amide bonds. The van der Waals surface area contributed by atoms with E-state index in [9.17, 15) is 14.4 Å². The molecule has 0 radical (unpaired) electrons. The van der Waals surface area contributed by atoms with Crippen LogP contribution < -0.4 is 17.0 Å². The molecule has 8 nitrogen and oxygen atoms in total. The Morgan fingerprint density at radius 2 is 1.76 bits per heavy atom. The van der Waals surface area contributed by atoms with Gasteiger partial charge in [-0.1, -0.05) is 35.3 Å². The summed E-state index contributed by atoms with van der Waals surface area (Å²) in [5.41, 5.74) is 4.95. The molecule has 0 saturated heterocycles. The Morgan fingerprint density at radius 1 is 1.07 bits per heavy atom. The zero-order valence-electron chi connectivity index (χ0n) is 14.7. The number of nitrogens with zero attached hydrogens (tertiary/aromatic N) is 3. The van der Waals surface area contributed by atoms with E-state index in [4.69, 9.17) is 28.9 Å². The fourth-order valence-electron chi connectivity index (χ4n) is 3.06. The van der Waals surface area contributed by atoms with Crippen LogP contribution in [-0.4, -0.2) is 25.0 Å². The topological polar surface area (TPSA) is 116 Å². The third-order valence-corrected chi connectivity index (χ3v) is 4.89. The summed E-state index contributed by atoms with van der Waals surface area (Å²) < 4.78 is 2.29. The van der Waals surface area contributed by atoms with E-state index < -0.39 is 23.7 Å². The van der Waals surface area contributed by atoms with Crippen molar-refractivity contribution in [1.29, 1.82) is 0 Å². The number of carbonyl (C=O) groups is 1. The highest BCUT2D eigenvalue weighted by atomic mass is 35.5. The van der Waals surface area contributed by atoms with Gasteiger partial charge >= 0.3 is 5.69 Å². The maximum Gasteiger partial charge on any atom is 0.330 e. The minimum atomic E-state index is -0.819. The quantitative estimate of drug-likeness (QED) is 0.517. The Morgan fingerprint density at radius 3 is 2.41 bits per heavy atom. The van der Waals surface area contributed by atoms with E-state index in [-0.39, 0.29) is 11.2 Å². The second kappa shape index (κ2) is 7.23. The highest BCUT2D eigenvalue weighted by Crippen LogP contribution is 2.31. The average Bonchev–Trinajstić information content (AvgIpc) is 3.05. The number of amides is 1. The molecule has 4 rings (SSSR count). The fourth-order valence-corrected chi connectivity index (χ4v) is 3.40. The van der Waals surface area contributed by atoms with Gasteiger partial charge in [0.15, 0.2) is 11.2 Å². The van der Waals surface area contributed by atoms with Gasteiger partial charge in [0.05, 0.1) is 5.02 Å². The zero-order valence-corrected chi connectivity index (χ0v) is 16.2. The van der Waals surface area contributed by atoms with Crippen molar-refractivity contribution in [2.75, 3.05) is 0 Å². The first-order valence-electron chi connectivity index (χ1n) is 8.41. The Labute approximate surface area is 173 Å². The Bertz CT molecular complexity index is 1370. The van der Waals surface area contributed by atoms with Gasteiger partial charge in [0.25, 0.3) is 5.56 Å². The maximum absolute atomic E-state index is 13.1. The fraction of sp³-hybridized carbons (Fsp3) is 0.0526. The lowest BCUT2D eigenvalue weighted by Gasteiger charge is -2.11. The van der Waals surface area contributed by atoms with E-state index in [1.807, 2.05) is 0 Å². The smallest absolute Gasteiger partial charge is 0.330 e. The second-order valence-corrected chi connectivity index (χ2v) is 7.06. The number of aromatic nitrogens is 4. The van der Waals surface area contributed by atoms with Crippen LogP contribution in [0.5, 0.6) is 0 Å². The summed E-state index contributed by atoms with van der Waals surface area (Å²) in [5, 5.41) is 0.926. The number of H-pyrrole nitrogens is 1. The van der Waals surface area contributed by atoms with Crippen LogP contribution in [0.25, 0.3) is 28.2 Å². The van der Waals surface area contributed by atoms with E-state index in [2.05, 4.69) is 9.97 Å². The van der Waals surface area contributed by atoms with Crippen LogP contribution in [0.2, 0.25) is 10.0 Å². The van der Waals surface area contributed by atoms with Gasteiger partial charge in [0, 0.05) is 16.3 Å². The lowest BCUT2D eigenvalue weighted by atomic mass is 10.2. The number of aromatic amines is 1. The average molecular weight is 430 g/mol. The summed E-state index contributed by atoms with van der Waals surface area (Å²) in [4.78, 5) is 43.7. The van der Waals surface area contributed by atoms with Gasteiger partial charge in [-0.2, -0.15) is 0 Å². The molecule has 0 fully saturated rings. The number of nitrogens with one attached hydrogen (secondary N) is 1. The molecule has 0 bridgehead atoms. The van der Waals surface area contributed by atoms with Gasteiger partial charge in [0.1, 0.15) is 12.4 Å². The molecule has 0 unspecified atom stereocenters. The Balaban J connectivity index is 2.15. The predicted molar refractivity (Wildman–Crippen MR) is 111 cm³/mol. The van der Waals surface area contributed by atoms with Gasteiger partial charge in [0.2, 0.25) is 5.91 Å². The molecule has 3 N–H and O–H groups in total. The standard InChI is InChI=1S/C19H13Cl2N5O3/c20-10-5-7-11(8-6-10)26-15-16(23-17(26)12-3-1-2-4-13(12)21)24-19(29)25(18(15)28)9-14(22)27/h1-8H,9H2,(H2,22,27)(H,24,29). The number of rotatable bonds is 4. The van der Waals surface area contributed by atoms with Gasteiger partial charge in [-0.3, -0.25) is 19.1 Å². The van der Waals surface area contributed by atoms with Crippen molar-refractivity contribution in [3.8, 4) is 17.1 Å². The molecule has 0 aliphatic rings. The van der Waals surface area contributed by atoms with Crippen molar-refractivity contribution in [3.63, 3.8) is 0 Å². The third-order valence-electron chi connectivity index (χ3n) is 4.31. The lowest BCUT2D eigenvalue weighted by Crippen LogP contribution is -2.39. The van der Waals surface area contributed by atoms with Crippen LogP contribution in [0, 0.1) is 0 Å². The summed E-state index contributed by atoms with van der Waals surface area (Å²) in [7, 11) is 0. The van der Waals surface area contributed by atoms with E-state index in [1.165, 1.54) is 0 Å². The van der Waals surface area contributed by atoms with Crippen LogP contribution >= 0.6 is 23.2 Å². The van der Waals surface area contributed by atoms with Gasteiger partial charge < -0.3 is 5.73 Å². The first-order chi connectivity index (χ1) is 13.9. The molecule has 0 spiro atoms. The third kappa shape index (κ3) is 3.32. The maximum atomic E-state index is 13.1. The van der Waals surface area contributed by atoms with Crippen molar-refractivity contribution >= 4 is 40.3 Å². The number of hydrogen-bond donors (Lipinski definition) is 2.